The van der Waals surface area contributed by atoms with Crippen molar-refractivity contribution in [2.45, 2.75) is 12.8 Å². The average molecular weight is 294 g/mol. The average Bonchev–Trinajstić information content (AvgIpc) is 2.45. The molecule has 0 aromatic heterocycles. The zero-order valence-electron chi connectivity index (χ0n) is 10.6. The van der Waals surface area contributed by atoms with Crippen LogP contribution in [0.5, 0.6) is 0 Å². The Bertz CT molecular complexity index is 597. The monoisotopic (exact) mass is 293 g/mol. The molecule has 1 saturated heterocycles. The number of amides is 1. The van der Waals surface area contributed by atoms with E-state index in [1.165, 1.54) is 23.1 Å². The molecule has 7 heteroatoms. The Hall–Kier alpha value is -2.13. The van der Waals surface area contributed by atoms with Crippen LogP contribution in [0.2, 0.25) is 5.02 Å². The number of hydrogen-bond donors (Lipinski definition) is 0. The minimum atomic E-state index is -0.651. The van der Waals surface area contributed by atoms with Gasteiger partial charge in [0.1, 0.15) is 10.6 Å². The summed E-state index contributed by atoms with van der Waals surface area (Å²) in [5.41, 5.74) is -0.403. The van der Waals surface area contributed by atoms with E-state index in [0.717, 1.165) is 12.8 Å². The first kappa shape index (κ1) is 14.3. The highest BCUT2D eigenvalue weighted by molar-refractivity contribution is 6.33. The van der Waals surface area contributed by atoms with E-state index in [9.17, 15) is 14.9 Å². The fourth-order valence-electron chi connectivity index (χ4n) is 2.31. The van der Waals surface area contributed by atoms with Gasteiger partial charge in [0.25, 0.3) is 5.91 Å². The summed E-state index contributed by atoms with van der Waals surface area (Å²) in [6, 6.07) is 6.41. The van der Waals surface area contributed by atoms with Crippen molar-refractivity contribution in [3.63, 3.8) is 0 Å². The minimum absolute atomic E-state index is 0.0268. The molecule has 0 N–H and O–H groups in total. The molecule has 0 aliphatic carbocycles. The van der Waals surface area contributed by atoms with Crippen molar-refractivity contribution in [1.82, 2.24) is 4.90 Å². The van der Waals surface area contributed by atoms with Gasteiger partial charge in [-0.15, -0.1) is 0 Å². The van der Waals surface area contributed by atoms with E-state index in [2.05, 4.69) is 6.07 Å². The number of likely N-dealkylation sites (tertiary alicyclic amines) is 1. The molecule has 0 radical (unpaired) electrons. The van der Waals surface area contributed by atoms with Crippen molar-refractivity contribution in [2.24, 2.45) is 5.92 Å². The number of halogens is 1. The number of hydrogen-bond acceptors (Lipinski definition) is 4. The molecule has 0 bridgehead atoms. The molecule has 1 aromatic carbocycles. The fourth-order valence-corrected chi connectivity index (χ4v) is 2.55. The molecular formula is C13H12ClN3O3. The van der Waals surface area contributed by atoms with E-state index in [0.29, 0.717) is 13.1 Å². The molecule has 1 amide bonds. The Balaban J connectivity index is 2.32. The summed E-state index contributed by atoms with van der Waals surface area (Å²) in [7, 11) is 0. The molecule has 1 unspecified atom stereocenters. The van der Waals surface area contributed by atoms with Crippen LogP contribution in [-0.4, -0.2) is 28.8 Å². The summed E-state index contributed by atoms with van der Waals surface area (Å²) >= 11 is 5.80. The molecular weight excluding hydrogens is 282 g/mol. The first-order valence-corrected chi connectivity index (χ1v) is 6.54. The molecule has 20 heavy (non-hydrogen) atoms. The minimum Gasteiger partial charge on any atom is -0.337 e. The second-order valence-corrected chi connectivity index (χ2v) is 5.02. The van der Waals surface area contributed by atoms with Crippen molar-refractivity contribution >= 4 is 23.2 Å². The van der Waals surface area contributed by atoms with Gasteiger partial charge < -0.3 is 4.90 Å². The summed E-state index contributed by atoms with van der Waals surface area (Å²) in [4.78, 5) is 24.3. The lowest BCUT2D eigenvalue weighted by molar-refractivity contribution is -0.385. The fraction of sp³-hybridized carbons (Fsp3) is 0.385. The Labute approximate surface area is 120 Å². The third-order valence-corrected chi connectivity index (χ3v) is 3.60. The first-order valence-electron chi connectivity index (χ1n) is 6.16. The van der Waals surface area contributed by atoms with Crippen molar-refractivity contribution in [1.29, 1.82) is 5.26 Å². The van der Waals surface area contributed by atoms with Crippen LogP contribution in [0.3, 0.4) is 0 Å². The summed E-state index contributed by atoms with van der Waals surface area (Å²) in [5, 5.41) is 19.9. The van der Waals surface area contributed by atoms with Crippen molar-refractivity contribution in [3.8, 4) is 6.07 Å². The molecule has 0 saturated carbocycles. The maximum absolute atomic E-state index is 12.4. The Morgan fingerprint density at radius 3 is 2.95 bits per heavy atom. The highest BCUT2D eigenvalue weighted by Crippen LogP contribution is 2.30. The van der Waals surface area contributed by atoms with Crippen molar-refractivity contribution < 1.29 is 9.72 Å². The Kier molecular flexibility index (Phi) is 4.20. The van der Waals surface area contributed by atoms with Crippen LogP contribution in [0.4, 0.5) is 5.69 Å². The van der Waals surface area contributed by atoms with Crippen LogP contribution in [0.15, 0.2) is 18.2 Å². The normalized spacial score (nSPS) is 18.4. The zero-order valence-corrected chi connectivity index (χ0v) is 11.3. The summed E-state index contributed by atoms with van der Waals surface area (Å²) < 4.78 is 0. The van der Waals surface area contributed by atoms with Crippen LogP contribution < -0.4 is 0 Å². The summed E-state index contributed by atoms with van der Waals surface area (Å²) in [6.07, 6.45) is 1.47. The van der Waals surface area contributed by atoms with Gasteiger partial charge in [-0.1, -0.05) is 17.7 Å². The quantitative estimate of drug-likeness (QED) is 0.619. The van der Waals surface area contributed by atoms with Crippen LogP contribution >= 0.6 is 11.6 Å². The van der Waals surface area contributed by atoms with Crippen LogP contribution in [0.1, 0.15) is 23.2 Å². The van der Waals surface area contributed by atoms with Crippen molar-refractivity contribution in [3.05, 3.63) is 38.9 Å². The SMILES string of the molecule is N#CC1CCCN(C(=O)c2cccc(Cl)c2[N+](=O)[O-])C1. The zero-order chi connectivity index (χ0) is 14.7. The molecule has 1 heterocycles. The van der Waals surface area contributed by atoms with Gasteiger partial charge in [0, 0.05) is 13.1 Å². The largest absolute Gasteiger partial charge is 0.337 e. The maximum atomic E-state index is 12.4. The van der Waals surface area contributed by atoms with Gasteiger partial charge in [-0.05, 0) is 25.0 Å². The van der Waals surface area contributed by atoms with E-state index in [-0.39, 0.29) is 22.2 Å². The molecule has 6 nitrogen and oxygen atoms in total. The summed E-state index contributed by atoms with van der Waals surface area (Å²) in [6.45, 7) is 0.805. The number of piperidine rings is 1. The number of rotatable bonds is 2. The lowest BCUT2D eigenvalue weighted by Gasteiger charge is -2.29. The number of nitro benzene ring substituents is 1. The topological polar surface area (TPSA) is 87.2 Å². The Morgan fingerprint density at radius 1 is 1.55 bits per heavy atom. The predicted molar refractivity (Wildman–Crippen MR) is 72.3 cm³/mol. The molecule has 1 aliphatic rings. The lowest BCUT2D eigenvalue weighted by atomic mass is 9.99. The number of carbonyl (C=O) groups is 1. The van der Waals surface area contributed by atoms with Gasteiger partial charge >= 0.3 is 5.69 Å². The molecule has 0 spiro atoms. The highest BCUT2D eigenvalue weighted by Gasteiger charge is 2.30. The smallest absolute Gasteiger partial charge is 0.300 e. The van der Waals surface area contributed by atoms with E-state index in [4.69, 9.17) is 16.9 Å². The molecule has 2 rings (SSSR count). The van der Waals surface area contributed by atoms with E-state index < -0.39 is 10.8 Å². The number of para-hydroxylation sites is 1. The Morgan fingerprint density at radius 2 is 2.30 bits per heavy atom. The molecule has 1 atom stereocenters. The number of nitrogens with zero attached hydrogens (tertiary/aromatic N) is 3. The second-order valence-electron chi connectivity index (χ2n) is 4.61. The van der Waals surface area contributed by atoms with E-state index >= 15 is 0 Å². The third-order valence-electron chi connectivity index (χ3n) is 3.29. The standard InChI is InChI=1S/C13H12ClN3O3/c14-11-5-1-4-10(12(11)17(19)20)13(18)16-6-2-3-9(7-15)8-16/h1,4-5,9H,2-3,6,8H2. The second kappa shape index (κ2) is 5.88. The third kappa shape index (κ3) is 2.73. The number of nitro groups is 1. The van der Waals surface area contributed by atoms with Gasteiger partial charge in [-0.3, -0.25) is 14.9 Å². The van der Waals surface area contributed by atoms with E-state index in [1.807, 2.05) is 0 Å². The van der Waals surface area contributed by atoms with Gasteiger partial charge in [-0.2, -0.15) is 5.26 Å². The maximum Gasteiger partial charge on any atom is 0.300 e. The number of benzene rings is 1. The lowest BCUT2D eigenvalue weighted by Crippen LogP contribution is -2.39. The molecule has 104 valence electrons. The molecule has 1 aliphatic heterocycles. The number of carbonyl (C=O) groups excluding carboxylic acids is 1. The number of nitriles is 1. The predicted octanol–water partition coefficient (Wildman–Crippen LogP) is 2.62. The molecule has 1 fully saturated rings. The van der Waals surface area contributed by atoms with Crippen LogP contribution in [0.25, 0.3) is 0 Å². The van der Waals surface area contributed by atoms with Gasteiger partial charge in [0.05, 0.1) is 16.9 Å². The molecule has 1 aromatic rings. The van der Waals surface area contributed by atoms with Gasteiger partial charge in [-0.25, -0.2) is 0 Å². The van der Waals surface area contributed by atoms with Crippen LogP contribution in [0, 0.1) is 27.4 Å². The van der Waals surface area contributed by atoms with Crippen molar-refractivity contribution in [2.75, 3.05) is 13.1 Å². The first-order chi connectivity index (χ1) is 9.54. The van der Waals surface area contributed by atoms with E-state index in [1.54, 1.807) is 0 Å². The van der Waals surface area contributed by atoms with Gasteiger partial charge in [0.15, 0.2) is 0 Å². The summed E-state index contributed by atoms with van der Waals surface area (Å²) in [5.74, 6) is -0.662. The van der Waals surface area contributed by atoms with Crippen LogP contribution in [-0.2, 0) is 0 Å². The van der Waals surface area contributed by atoms with Gasteiger partial charge in [0.2, 0.25) is 0 Å². The highest BCUT2D eigenvalue weighted by atomic mass is 35.5.